The molecular weight excluding hydrogens is 289 g/mol. The fraction of sp³-hybridized carbons (Fsp3) is 1.00. The molecule has 0 radical (unpaired) electrons. The Kier molecular flexibility index (Phi) is 8.91. The molecule has 0 aromatic heterocycles. The molecule has 0 rings (SSSR count). The molecule has 0 saturated heterocycles. The van der Waals surface area contributed by atoms with E-state index in [0.717, 1.165) is 33.6 Å². The van der Waals surface area contributed by atoms with E-state index in [2.05, 4.69) is 18.6 Å². The number of halogens is 1. The molecule has 0 nitrogen and oxygen atoms in total. The van der Waals surface area contributed by atoms with Crippen LogP contribution in [0.15, 0.2) is 0 Å². The minimum atomic E-state index is 0.452. The molecule has 0 aliphatic heterocycles. The summed E-state index contributed by atoms with van der Waals surface area (Å²) in [5.74, 6) is 4.66. The van der Waals surface area contributed by atoms with E-state index >= 15 is 0 Å². The zero-order chi connectivity index (χ0) is 8.69. The van der Waals surface area contributed by atoms with Gasteiger partial charge in [0.15, 0.2) is 0 Å². The molecule has 0 spiro atoms. The van der Waals surface area contributed by atoms with Crippen LogP contribution in [0.2, 0.25) is 15.4 Å². The van der Waals surface area contributed by atoms with Crippen molar-refractivity contribution in [3.63, 3.8) is 0 Å². The molecule has 0 aliphatic rings. The fourth-order valence-electron chi connectivity index (χ4n) is 0.929. The van der Waals surface area contributed by atoms with Crippen LogP contribution in [0.3, 0.4) is 0 Å². The van der Waals surface area contributed by atoms with Gasteiger partial charge in [-0.3, -0.25) is 0 Å². The normalized spacial score (nSPS) is 13.9. The Morgan fingerprint density at radius 2 is 1.82 bits per heavy atom. The molecule has 0 aliphatic carbocycles. The van der Waals surface area contributed by atoms with Gasteiger partial charge in [-0.15, -0.1) is 0 Å². The van der Waals surface area contributed by atoms with Crippen LogP contribution in [0.1, 0.15) is 26.2 Å². The van der Waals surface area contributed by atoms with E-state index in [0.29, 0.717) is 5.38 Å². The molecule has 1 unspecified atom stereocenters. The Morgan fingerprint density at radius 3 is 2.18 bits per heavy atom. The minimum absolute atomic E-state index is 0.452. The van der Waals surface area contributed by atoms with Crippen LogP contribution in [0.5, 0.6) is 0 Å². The van der Waals surface area contributed by atoms with Crippen LogP contribution in [-0.2, 0) is 0 Å². The maximum atomic E-state index is 6.15. The summed E-state index contributed by atoms with van der Waals surface area (Å²) in [6.07, 6.45) is 3.70. The Balaban J connectivity index is 3.44. The predicted molar refractivity (Wildman–Crippen MR) is 56.2 cm³/mol. The summed E-state index contributed by atoms with van der Waals surface area (Å²) in [5, 5.41) is 0.452. The van der Waals surface area contributed by atoms with Crippen molar-refractivity contribution in [3.8, 4) is 0 Å². The second kappa shape index (κ2) is 7.95. The summed E-state index contributed by atoms with van der Waals surface area (Å²) in [4.78, 5) is 0. The van der Waals surface area contributed by atoms with Gasteiger partial charge in [0, 0.05) is 0 Å². The molecule has 0 aromatic carbocycles. The topological polar surface area (TPSA) is 0 Å². The van der Waals surface area contributed by atoms with Gasteiger partial charge in [-0.1, -0.05) is 0 Å². The summed E-state index contributed by atoms with van der Waals surface area (Å²) in [5.41, 5.74) is 0. The molecule has 0 heterocycles. The van der Waals surface area contributed by atoms with Gasteiger partial charge in [0.2, 0.25) is 0 Å². The van der Waals surface area contributed by atoms with Crippen molar-refractivity contribution in [2.75, 3.05) is 0 Å². The van der Waals surface area contributed by atoms with Gasteiger partial charge in [0.05, 0.1) is 0 Å². The first-order chi connectivity index (χ1) is 5.24. The number of rotatable bonds is 6. The number of hydrogen-bond acceptors (Lipinski definition) is 0. The van der Waals surface area contributed by atoms with E-state index < -0.39 is 0 Å². The molecule has 3 heteroatoms. The zero-order valence-electron chi connectivity index (χ0n) is 7.47. The zero-order valence-corrected chi connectivity index (χ0v) is 11.7. The van der Waals surface area contributed by atoms with Crippen molar-refractivity contribution in [1.82, 2.24) is 0 Å². The molecule has 0 bridgehead atoms. The van der Waals surface area contributed by atoms with E-state index in [-0.39, 0.29) is 0 Å². The molecule has 0 fully saturated rings. The van der Waals surface area contributed by atoms with E-state index in [1.165, 1.54) is 19.3 Å². The molecular formula is C8H17ClSe2. The average Bonchev–Trinajstić information content (AvgIpc) is 2.01. The monoisotopic (exact) mass is 308 g/mol. The quantitative estimate of drug-likeness (QED) is 0.523. The second-order valence-electron chi connectivity index (χ2n) is 2.52. The molecule has 0 saturated carbocycles. The molecule has 68 valence electrons. The first-order valence-electron chi connectivity index (χ1n) is 3.94. The third kappa shape index (κ3) is 6.49. The summed E-state index contributed by atoms with van der Waals surface area (Å²) < 4.78 is 0.976. The Morgan fingerprint density at radius 1 is 1.27 bits per heavy atom. The Hall–Kier alpha value is 1.33. The van der Waals surface area contributed by atoms with Crippen molar-refractivity contribution in [3.05, 3.63) is 0 Å². The van der Waals surface area contributed by atoms with E-state index in [4.69, 9.17) is 11.6 Å². The summed E-state index contributed by atoms with van der Waals surface area (Å²) >= 11 is 7.78. The molecule has 0 aromatic rings. The van der Waals surface area contributed by atoms with Crippen molar-refractivity contribution in [2.45, 2.75) is 46.9 Å². The Labute approximate surface area is 88.2 Å². The fourth-order valence-corrected chi connectivity index (χ4v) is 6.09. The van der Waals surface area contributed by atoms with Gasteiger partial charge in [-0.2, -0.15) is 0 Å². The van der Waals surface area contributed by atoms with E-state index in [1.54, 1.807) is 0 Å². The van der Waals surface area contributed by atoms with Gasteiger partial charge in [0.1, 0.15) is 0 Å². The van der Waals surface area contributed by atoms with Crippen LogP contribution in [0, 0.1) is 0 Å². The van der Waals surface area contributed by atoms with Gasteiger partial charge in [-0.05, 0) is 0 Å². The molecule has 0 N–H and O–H groups in total. The van der Waals surface area contributed by atoms with Gasteiger partial charge >= 0.3 is 88.4 Å². The maximum absolute atomic E-state index is 6.15. The number of alkyl halides is 1. The molecule has 11 heavy (non-hydrogen) atoms. The van der Waals surface area contributed by atoms with Crippen molar-refractivity contribution in [2.24, 2.45) is 0 Å². The van der Waals surface area contributed by atoms with Crippen molar-refractivity contribution < 1.29 is 0 Å². The summed E-state index contributed by atoms with van der Waals surface area (Å²) in [6, 6.07) is 0. The van der Waals surface area contributed by atoms with Crippen LogP contribution in [-0.4, -0.2) is 35.3 Å². The van der Waals surface area contributed by atoms with Crippen LogP contribution in [0.25, 0.3) is 0 Å². The number of hydrogen-bond donors (Lipinski definition) is 0. The Bertz CT molecular complexity index is 84.2. The molecule has 0 amide bonds. The van der Waals surface area contributed by atoms with Gasteiger partial charge in [0.25, 0.3) is 0 Å². The van der Waals surface area contributed by atoms with Crippen molar-refractivity contribution >= 4 is 41.5 Å². The van der Waals surface area contributed by atoms with E-state index in [1.807, 2.05) is 0 Å². The van der Waals surface area contributed by atoms with E-state index in [9.17, 15) is 0 Å². The van der Waals surface area contributed by atoms with Gasteiger partial charge < -0.3 is 0 Å². The molecule has 1 atom stereocenters. The van der Waals surface area contributed by atoms with Crippen LogP contribution < -0.4 is 0 Å². The third-order valence-electron chi connectivity index (χ3n) is 1.58. The van der Waals surface area contributed by atoms with Crippen LogP contribution >= 0.6 is 11.6 Å². The van der Waals surface area contributed by atoms with Crippen LogP contribution in [0.4, 0.5) is 0 Å². The SMILES string of the molecule is CCCC(Cl)CC([Se]C)[Se]C. The first-order valence-corrected chi connectivity index (χ1v) is 9.78. The second-order valence-corrected chi connectivity index (χ2v) is 9.02. The predicted octanol–water partition coefficient (Wildman–Crippen LogP) is 3.03. The van der Waals surface area contributed by atoms with Gasteiger partial charge in [-0.25, -0.2) is 0 Å². The first kappa shape index (κ1) is 12.3. The average molecular weight is 307 g/mol. The van der Waals surface area contributed by atoms with Crippen molar-refractivity contribution in [1.29, 1.82) is 0 Å². The summed E-state index contributed by atoms with van der Waals surface area (Å²) in [6.45, 7) is 2.21. The standard InChI is InChI=1S/C8H17ClSe2/c1-4-5-7(9)6-8(10-2)11-3/h7-8H,4-6H2,1-3H3. The third-order valence-corrected chi connectivity index (χ3v) is 9.18. The summed E-state index contributed by atoms with van der Waals surface area (Å²) in [7, 11) is 0.